The summed E-state index contributed by atoms with van der Waals surface area (Å²) in [6, 6.07) is 8.52. The molecule has 0 amide bonds. The van der Waals surface area contributed by atoms with Crippen molar-refractivity contribution < 1.29 is 21.9 Å². The summed E-state index contributed by atoms with van der Waals surface area (Å²) in [5.74, 6) is 2.03. The van der Waals surface area contributed by atoms with E-state index < -0.39 is 23.0 Å². The highest BCUT2D eigenvalue weighted by Gasteiger charge is 2.30. The standard InChI is InChI=1S/C24H27F3N6O2S/c1-15(2)21-31-20-10-13-33(23-16(4-3-11-28-23)14-29-36(34)35)12-9-19(20)22(32-21)30-18-7-5-17(6-8-18)24(25,26)27/h3-8,11,15,29H,9-10,12-14H2,1-2H3,(H,34,35)(H,30,31,32). The molecule has 3 N–H and O–H groups in total. The number of anilines is 3. The van der Waals surface area contributed by atoms with Gasteiger partial charge in [-0.15, -0.1) is 0 Å². The van der Waals surface area contributed by atoms with Gasteiger partial charge >= 0.3 is 6.18 Å². The molecule has 0 radical (unpaired) electrons. The number of alkyl halides is 3. The number of hydrogen-bond donors (Lipinski definition) is 3. The molecule has 36 heavy (non-hydrogen) atoms. The Morgan fingerprint density at radius 2 is 1.83 bits per heavy atom. The zero-order valence-corrected chi connectivity index (χ0v) is 20.7. The number of aromatic nitrogens is 3. The summed E-state index contributed by atoms with van der Waals surface area (Å²) in [6.45, 7) is 5.41. The van der Waals surface area contributed by atoms with E-state index in [2.05, 4.69) is 19.9 Å². The van der Waals surface area contributed by atoms with Crippen LogP contribution < -0.4 is 14.9 Å². The van der Waals surface area contributed by atoms with E-state index >= 15 is 0 Å². The van der Waals surface area contributed by atoms with Gasteiger partial charge in [0.2, 0.25) is 11.3 Å². The number of nitrogens with zero attached hydrogens (tertiary/aromatic N) is 4. The van der Waals surface area contributed by atoms with E-state index in [1.54, 1.807) is 12.3 Å². The van der Waals surface area contributed by atoms with Crippen molar-refractivity contribution in [3.63, 3.8) is 0 Å². The van der Waals surface area contributed by atoms with Crippen LogP contribution in [0.1, 0.15) is 48.0 Å². The van der Waals surface area contributed by atoms with Crippen LogP contribution in [0, 0.1) is 0 Å². The van der Waals surface area contributed by atoms with Gasteiger partial charge in [0.15, 0.2) is 0 Å². The maximum absolute atomic E-state index is 13.0. The fraction of sp³-hybridized carbons (Fsp3) is 0.375. The molecule has 3 heterocycles. The van der Waals surface area contributed by atoms with Crippen LogP contribution in [0.15, 0.2) is 42.6 Å². The first-order chi connectivity index (χ1) is 17.1. The summed E-state index contributed by atoms with van der Waals surface area (Å²) in [6.07, 6.45) is -1.51. The van der Waals surface area contributed by atoms with Gasteiger partial charge in [0.05, 0.1) is 11.3 Å². The number of halogens is 3. The molecular weight excluding hydrogens is 493 g/mol. The zero-order chi connectivity index (χ0) is 25.9. The van der Waals surface area contributed by atoms with Crippen molar-refractivity contribution in [1.29, 1.82) is 0 Å². The Morgan fingerprint density at radius 1 is 1.11 bits per heavy atom. The van der Waals surface area contributed by atoms with Gasteiger partial charge in [-0.3, -0.25) is 4.55 Å². The summed E-state index contributed by atoms with van der Waals surface area (Å²) in [7, 11) is 0. The predicted octanol–water partition coefficient (Wildman–Crippen LogP) is 4.59. The summed E-state index contributed by atoms with van der Waals surface area (Å²) in [5.41, 5.74) is 2.39. The fourth-order valence-corrected chi connectivity index (χ4v) is 4.34. The van der Waals surface area contributed by atoms with Gasteiger partial charge in [0.1, 0.15) is 17.5 Å². The number of hydrogen-bond acceptors (Lipinski definition) is 6. The Kier molecular flexibility index (Phi) is 7.86. The van der Waals surface area contributed by atoms with Crippen molar-refractivity contribution in [2.24, 2.45) is 0 Å². The molecule has 192 valence electrons. The molecule has 1 aliphatic rings. The van der Waals surface area contributed by atoms with Gasteiger partial charge < -0.3 is 10.2 Å². The van der Waals surface area contributed by atoms with E-state index in [1.807, 2.05) is 19.9 Å². The Bertz CT molecular complexity index is 1240. The predicted molar refractivity (Wildman–Crippen MR) is 132 cm³/mol. The van der Waals surface area contributed by atoms with Crippen molar-refractivity contribution in [1.82, 2.24) is 19.7 Å². The monoisotopic (exact) mass is 520 g/mol. The smallest absolute Gasteiger partial charge is 0.356 e. The quantitative estimate of drug-likeness (QED) is 0.392. The molecule has 0 saturated heterocycles. The van der Waals surface area contributed by atoms with E-state index in [4.69, 9.17) is 14.5 Å². The molecule has 1 aliphatic heterocycles. The molecule has 8 nitrogen and oxygen atoms in total. The van der Waals surface area contributed by atoms with E-state index in [0.29, 0.717) is 43.3 Å². The summed E-state index contributed by atoms with van der Waals surface area (Å²) < 4.78 is 61.6. The van der Waals surface area contributed by atoms with Crippen LogP contribution in [-0.4, -0.2) is 36.8 Å². The third-order valence-corrected chi connectivity index (χ3v) is 6.30. The number of nitrogens with one attached hydrogen (secondary N) is 2. The number of benzene rings is 1. The highest BCUT2D eigenvalue weighted by Crippen LogP contribution is 2.32. The summed E-state index contributed by atoms with van der Waals surface area (Å²) in [4.78, 5) is 16.1. The van der Waals surface area contributed by atoms with Crippen molar-refractivity contribution in [2.75, 3.05) is 23.3 Å². The van der Waals surface area contributed by atoms with Gasteiger partial charge in [-0.05, 0) is 36.8 Å². The lowest BCUT2D eigenvalue weighted by Gasteiger charge is -2.23. The molecule has 4 rings (SSSR count). The zero-order valence-electron chi connectivity index (χ0n) is 19.8. The maximum atomic E-state index is 13.0. The largest absolute Gasteiger partial charge is 0.416 e. The second-order valence-corrected chi connectivity index (χ2v) is 9.54. The lowest BCUT2D eigenvalue weighted by molar-refractivity contribution is -0.137. The fourth-order valence-electron chi connectivity index (χ4n) is 4.06. The van der Waals surface area contributed by atoms with Crippen LogP contribution in [0.5, 0.6) is 0 Å². The molecule has 3 aromatic rings. The normalized spacial score (nSPS) is 14.9. The number of fused-ring (bicyclic) bond motifs is 1. The van der Waals surface area contributed by atoms with E-state index in [9.17, 15) is 17.4 Å². The third-order valence-electron chi connectivity index (χ3n) is 5.90. The van der Waals surface area contributed by atoms with E-state index in [1.165, 1.54) is 12.1 Å². The lowest BCUT2D eigenvalue weighted by atomic mass is 10.1. The summed E-state index contributed by atoms with van der Waals surface area (Å²) in [5, 5.41) is 3.21. The van der Waals surface area contributed by atoms with Crippen LogP contribution in [0.2, 0.25) is 0 Å². The van der Waals surface area contributed by atoms with Gasteiger partial charge in [0.25, 0.3) is 0 Å². The Hall–Kier alpha value is -3.09. The molecule has 0 fully saturated rings. The highest BCUT2D eigenvalue weighted by molar-refractivity contribution is 7.77. The van der Waals surface area contributed by atoms with Gasteiger partial charge in [0, 0.05) is 55.0 Å². The minimum Gasteiger partial charge on any atom is -0.356 e. The Balaban J connectivity index is 1.62. The SMILES string of the molecule is CC(C)c1nc2c(c(Nc3ccc(C(F)(F)F)cc3)n1)CCN(c1ncccc1CNS(=O)O)CC2. The molecular formula is C24H27F3N6O2S. The van der Waals surface area contributed by atoms with Gasteiger partial charge in [-0.1, -0.05) is 19.9 Å². The number of rotatable bonds is 7. The van der Waals surface area contributed by atoms with Crippen LogP contribution in [0.3, 0.4) is 0 Å². The molecule has 12 heteroatoms. The minimum absolute atomic E-state index is 0.0654. The second-order valence-electron chi connectivity index (χ2n) is 8.75. The van der Waals surface area contributed by atoms with Crippen LogP contribution in [-0.2, 0) is 36.8 Å². The second kappa shape index (κ2) is 10.9. The average Bonchev–Trinajstić information content (AvgIpc) is 3.05. The first-order valence-corrected chi connectivity index (χ1v) is 12.6. The highest BCUT2D eigenvalue weighted by atomic mass is 32.2. The van der Waals surface area contributed by atoms with Crippen LogP contribution in [0.4, 0.5) is 30.5 Å². The topological polar surface area (TPSA) is 103 Å². The molecule has 1 unspecified atom stereocenters. The molecule has 1 atom stereocenters. The van der Waals surface area contributed by atoms with E-state index in [0.717, 1.165) is 34.8 Å². The Labute approximate surface area is 209 Å². The molecule has 0 bridgehead atoms. The molecule has 1 aromatic carbocycles. The molecule has 0 saturated carbocycles. The molecule has 0 aliphatic carbocycles. The first kappa shape index (κ1) is 26.0. The third kappa shape index (κ3) is 6.18. The first-order valence-electron chi connectivity index (χ1n) is 11.5. The van der Waals surface area contributed by atoms with Crippen LogP contribution >= 0.6 is 0 Å². The minimum atomic E-state index is -4.40. The molecule has 2 aromatic heterocycles. The Morgan fingerprint density at radius 3 is 2.50 bits per heavy atom. The number of pyridine rings is 1. The summed E-state index contributed by atoms with van der Waals surface area (Å²) >= 11 is -2.14. The van der Waals surface area contributed by atoms with Gasteiger partial charge in [-0.2, -0.15) is 13.2 Å². The van der Waals surface area contributed by atoms with Crippen molar-refractivity contribution in [2.45, 2.75) is 45.3 Å². The van der Waals surface area contributed by atoms with Crippen molar-refractivity contribution in [3.05, 3.63) is 70.8 Å². The van der Waals surface area contributed by atoms with E-state index in [-0.39, 0.29) is 12.5 Å². The molecule has 0 spiro atoms. The lowest BCUT2D eigenvalue weighted by Crippen LogP contribution is -2.29. The van der Waals surface area contributed by atoms with Gasteiger partial charge in [-0.25, -0.2) is 23.9 Å². The average molecular weight is 521 g/mol. The van der Waals surface area contributed by atoms with Crippen molar-refractivity contribution in [3.8, 4) is 0 Å². The van der Waals surface area contributed by atoms with Crippen LogP contribution in [0.25, 0.3) is 0 Å². The maximum Gasteiger partial charge on any atom is 0.416 e. The van der Waals surface area contributed by atoms with Crippen molar-refractivity contribution >= 4 is 28.6 Å².